The van der Waals surface area contributed by atoms with E-state index in [-0.39, 0.29) is 30.8 Å². The Bertz CT molecular complexity index is 1210. The number of carbonyl (C=O) groups is 3. The smallest absolute Gasteiger partial charge is 0.305 e. The van der Waals surface area contributed by atoms with Crippen molar-refractivity contribution in [3.63, 3.8) is 0 Å². The summed E-state index contributed by atoms with van der Waals surface area (Å²) in [7, 11) is 0. The summed E-state index contributed by atoms with van der Waals surface area (Å²) in [6.45, 7) is 17.9. The Hall–Kier alpha value is -2.31. The highest BCUT2D eigenvalue weighted by Gasteiger charge is 2.15. The molecule has 0 rings (SSSR count). The van der Waals surface area contributed by atoms with E-state index in [0.29, 0.717) is 58.7 Å². The van der Waals surface area contributed by atoms with E-state index in [2.05, 4.69) is 61.8 Å². The van der Waals surface area contributed by atoms with Crippen LogP contribution in [0.3, 0.4) is 0 Å². The largest absolute Gasteiger partial charge is 0.466 e. The van der Waals surface area contributed by atoms with Crippen molar-refractivity contribution >= 4 is 17.9 Å². The summed E-state index contributed by atoms with van der Waals surface area (Å²) in [5.41, 5.74) is 0. The summed E-state index contributed by atoms with van der Waals surface area (Å²) in [5, 5.41) is 9.74. The number of ether oxygens (including phenoxy) is 5. The summed E-state index contributed by atoms with van der Waals surface area (Å²) >= 11 is 0. The minimum atomic E-state index is -0.376. The van der Waals surface area contributed by atoms with E-state index in [0.717, 1.165) is 200 Å². The summed E-state index contributed by atoms with van der Waals surface area (Å²) in [6.07, 6.45) is 51.6. The minimum absolute atomic E-state index is 0.0378. The summed E-state index contributed by atoms with van der Waals surface area (Å²) in [6, 6.07) is 0. The monoisotopic (exact) mass is 1080 g/mol. The zero-order valence-corrected chi connectivity index (χ0v) is 50.5. The van der Waals surface area contributed by atoms with E-state index in [1.165, 1.54) is 77.0 Å². The van der Waals surface area contributed by atoms with Gasteiger partial charge in [-0.3, -0.25) is 14.4 Å². The number of carbonyl (C=O) groups excluding carboxylic acids is 3. The molecule has 0 fully saturated rings. The van der Waals surface area contributed by atoms with E-state index in [1.54, 1.807) is 0 Å². The Labute approximate surface area is 469 Å². The second kappa shape index (κ2) is 61.9. The van der Waals surface area contributed by atoms with Gasteiger partial charge in [0.1, 0.15) is 0 Å². The van der Waals surface area contributed by atoms with Crippen molar-refractivity contribution in [1.82, 2.24) is 9.80 Å². The van der Waals surface area contributed by atoms with E-state index < -0.39 is 0 Å². The first-order valence-corrected chi connectivity index (χ1v) is 32.5. The molecule has 0 atom stereocenters. The molecular weight excluding hydrogens is 953 g/mol. The summed E-state index contributed by atoms with van der Waals surface area (Å²) in [4.78, 5) is 42.5. The van der Waals surface area contributed by atoms with Crippen molar-refractivity contribution in [3.8, 4) is 0 Å². The van der Waals surface area contributed by atoms with E-state index in [1.807, 2.05) is 0 Å². The Balaban J connectivity index is 4.81. The van der Waals surface area contributed by atoms with Crippen molar-refractivity contribution in [3.05, 3.63) is 24.3 Å². The maximum absolute atomic E-state index is 12.7. The Kier molecular flexibility index (Phi) is 60.0. The molecule has 0 amide bonds. The number of aliphatic hydroxyl groups excluding tert-OH is 1. The van der Waals surface area contributed by atoms with Crippen molar-refractivity contribution in [2.24, 2.45) is 0 Å². The fourth-order valence-corrected chi connectivity index (χ4v) is 9.38. The van der Waals surface area contributed by atoms with Gasteiger partial charge >= 0.3 is 17.9 Å². The lowest BCUT2D eigenvalue weighted by molar-refractivity contribution is -0.159. The molecular formula is C65H124N2O9. The maximum Gasteiger partial charge on any atom is 0.305 e. The number of rotatable bonds is 62. The molecule has 1 N–H and O–H groups in total. The number of allylic oxidation sites excluding steroid dienone is 4. The van der Waals surface area contributed by atoms with Crippen molar-refractivity contribution in [1.29, 1.82) is 0 Å². The lowest BCUT2D eigenvalue weighted by atomic mass is 10.1. The molecule has 0 aromatic heterocycles. The van der Waals surface area contributed by atoms with Gasteiger partial charge in [-0.2, -0.15) is 0 Å². The van der Waals surface area contributed by atoms with Gasteiger partial charge in [0, 0.05) is 58.7 Å². The van der Waals surface area contributed by atoms with Gasteiger partial charge in [-0.05, 0) is 129 Å². The number of aliphatic hydroxyl groups is 1. The molecule has 0 heterocycles. The van der Waals surface area contributed by atoms with Crippen LogP contribution in [0, 0.1) is 0 Å². The third-order valence-corrected chi connectivity index (χ3v) is 14.3. The molecule has 0 aliphatic rings. The van der Waals surface area contributed by atoms with Crippen LogP contribution in [0.15, 0.2) is 24.3 Å². The molecule has 0 radical (unpaired) electrons. The highest BCUT2D eigenvalue weighted by molar-refractivity contribution is 5.69. The molecule has 0 saturated carbocycles. The van der Waals surface area contributed by atoms with Gasteiger partial charge in [-0.15, -0.1) is 0 Å². The molecule has 0 unspecified atom stereocenters. The molecule has 0 aliphatic heterocycles. The number of hydrogen-bond donors (Lipinski definition) is 1. The van der Waals surface area contributed by atoms with Crippen LogP contribution in [0.5, 0.6) is 0 Å². The number of esters is 3. The van der Waals surface area contributed by atoms with Gasteiger partial charge < -0.3 is 38.6 Å². The molecule has 11 heteroatoms. The fourth-order valence-electron chi connectivity index (χ4n) is 9.38. The molecule has 0 aliphatic carbocycles. The lowest BCUT2D eigenvalue weighted by Crippen LogP contribution is -2.37. The average molecular weight is 1080 g/mol. The molecule has 0 saturated heterocycles. The zero-order chi connectivity index (χ0) is 55.3. The molecule has 76 heavy (non-hydrogen) atoms. The van der Waals surface area contributed by atoms with Gasteiger partial charge in [0.05, 0.1) is 26.2 Å². The minimum Gasteiger partial charge on any atom is -0.466 e. The third kappa shape index (κ3) is 56.4. The van der Waals surface area contributed by atoms with Crippen molar-refractivity contribution < 1.29 is 43.2 Å². The van der Waals surface area contributed by atoms with E-state index in [9.17, 15) is 19.5 Å². The molecule has 0 aromatic carbocycles. The zero-order valence-electron chi connectivity index (χ0n) is 50.5. The van der Waals surface area contributed by atoms with Crippen LogP contribution in [0.1, 0.15) is 291 Å². The Morgan fingerprint density at radius 2 is 0.684 bits per heavy atom. The molecule has 0 bridgehead atoms. The quantitative estimate of drug-likeness (QED) is 0.0206. The van der Waals surface area contributed by atoms with Crippen LogP contribution in [0.25, 0.3) is 0 Å². The first-order chi connectivity index (χ1) is 37.4. The second-order valence-corrected chi connectivity index (χ2v) is 21.6. The van der Waals surface area contributed by atoms with Crippen LogP contribution >= 0.6 is 0 Å². The molecule has 0 spiro atoms. The first kappa shape index (κ1) is 73.7. The van der Waals surface area contributed by atoms with Gasteiger partial charge in [0.2, 0.25) is 0 Å². The normalized spacial score (nSPS) is 11.9. The first-order valence-electron chi connectivity index (χ1n) is 32.5. The fraction of sp³-hybridized carbons (Fsp3) is 0.892. The lowest BCUT2D eigenvalue weighted by Gasteiger charge is -2.28. The Morgan fingerprint density at radius 1 is 0.355 bits per heavy atom. The summed E-state index contributed by atoms with van der Waals surface area (Å²) < 4.78 is 28.9. The van der Waals surface area contributed by atoms with Gasteiger partial charge in [-0.25, -0.2) is 0 Å². The standard InChI is InChI=1S/C65H124N2O9/c1-5-9-13-17-21-32-40-57-72-62(69)46-35-25-23-27-37-50-66(51-38-28-24-26-36-47-63(70)73-58-41-33-22-18-14-10-6-2)54-55-67(53-45-56-68)52-39-29-34-42-59-74-64(71)48-49-65(75-60-43-30-19-15-11-7-3)76-61-44-31-20-16-12-8-4/h11-12,15-16,65,68H,5-10,13-14,17-61H2,1-4H3/b15-11-,16-12-. The van der Waals surface area contributed by atoms with Crippen LogP contribution in [-0.2, 0) is 38.1 Å². The highest BCUT2D eigenvalue weighted by atomic mass is 16.7. The van der Waals surface area contributed by atoms with Gasteiger partial charge in [-0.1, -0.05) is 180 Å². The predicted octanol–water partition coefficient (Wildman–Crippen LogP) is 16.8. The highest BCUT2D eigenvalue weighted by Crippen LogP contribution is 2.15. The molecule has 11 nitrogen and oxygen atoms in total. The number of unbranched alkanes of at least 4 members (excludes halogenated alkanes) is 27. The summed E-state index contributed by atoms with van der Waals surface area (Å²) in [5.74, 6) is -0.253. The van der Waals surface area contributed by atoms with E-state index >= 15 is 0 Å². The average Bonchev–Trinajstić information content (AvgIpc) is 3.42. The van der Waals surface area contributed by atoms with Crippen LogP contribution in [0.2, 0.25) is 0 Å². The van der Waals surface area contributed by atoms with Crippen LogP contribution in [0.4, 0.5) is 0 Å². The topological polar surface area (TPSA) is 124 Å². The molecule has 448 valence electrons. The molecule has 0 aromatic rings. The predicted molar refractivity (Wildman–Crippen MR) is 319 cm³/mol. The van der Waals surface area contributed by atoms with Gasteiger partial charge in [0.15, 0.2) is 6.29 Å². The Morgan fingerprint density at radius 3 is 1.07 bits per heavy atom. The second-order valence-electron chi connectivity index (χ2n) is 21.6. The van der Waals surface area contributed by atoms with Gasteiger partial charge in [0.25, 0.3) is 0 Å². The van der Waals surface area contributed by atoms with Crippen molar-refractivity contribution in [2.45, 2.75) is 297 Å². The SMILES string of the molecule is CC/C=C\CCCCOC(CCC(=O)OCCCCCCN(CCCO)CCN(CCCCCCCC(=O)OCCCCCCCCC)CCCCCCCC(=O)OCCCCCCCCC)OCCCC/C=C\CC. The number of nitrogens with zero attached hydrogens (tertiary/aromatic N) is 2. The van der Waals surface area contributed by atoms with E-state index in [4.69, 9.17) is 23.7 Å². The van der Waals surface area contributed by atoms with Crippen LogP contribution in [-0.4, -0.2) is 118 Å². The van der Waals surface area contributed by atoms with Crippen LogP contribution < -0.4 is 0 Å². The van der Waals surface area contributed by atoms with Crippen molar-refractivity contribution in [2.75, 3.05) is 78.9 Å². The third-order valence-electron chi connectivity index (χ3n) is 14.3. The number of hydrogen-bond acceptors (Lipinski definition) is 11. The maximum atomic E-state index is 12.7.